The van der Waals surface area contributed by atoms with Gasteiger partial charge in [-0.3, -0.25) is 4.99 Å². The predicted molar refractivity (Wildman–Crippen MR) is 106 cm³/mol. The van der Waals surface area contributed by atoms with Gasteiger partial charge in [0.05, 0.1) is 11.6 Å². The van der Waals surface area contributed by atoms with E-state index >= 15 is 0 Å². The average Bonchev–Trinajstić information content (AvgIpc) is 3.02. The van der Waals surface area contributed by atoms with Gasteiger partial charge in [-0.1, -0.05) is 18.2 Å². The van der Waals surface area contributed by atoms with Gasteiger partial charge in [0.1, 0.15) is 5.75 Å². The van der Waals surface area contributed by atoms with Gasteiger partial charge >= 0.3 is 0 Å². The van der Waals surface area contributed by atoms with E-state index in [1.165, 1.54) is 10.4 Å². The molecule has 2 N–H and O–H groups in total. The molecule has 0 spiro atoms. The third kappa shape index (κ3) is 6.74. The molecule has 0 bridgehead atoms. The van der Waals surface area contributed by atoms with Crippen LogP contribution in [0.15, 0.2) is 35.5 Å². The zero-order valence-electron chi connectivity index (χ0n) is 15.3. The standard InChI is InChI=1S/C19H28N4OS/c1-4-20-19(22-13-11-18-23-14-15(3)25-18)21-12-10-16-8-6-7-9-17(16)24-5-2/h6-9,14H,4-5,10-13H2,1-3H3,(H2,20,21,22). The number of hydrogen-bond acceptors (Lipinski definition) is 4. The predicted octanol–water partition coefficient (Wildman–Crippen LogP) is 3.19. The van der Waals surface area contributed by atoms with Gasteiger partial charge in [0.25, 0.3) is 0 Å². The normalized spacial score (nSPS) is 11.4. The van der Waals surface area contributed by atoms with Crippen LogP contribution in [0.5, 0.6) is 5.75 Å². The van der Waals surface area contributed by atoms with Crippen LogP contribution in [0.1, 0.15) is 29.3 Å². The van der Waals surface area contributed by atoms with Crippen LogP contribution in [-0.4, -0.2) is 37.2 Å². The van der Waals surface area contributed by atoms with Crippen LogP contribution in [0.4, 0.5) is 0 Å². The number of aliphatic imine (C=N–C) groups is 1. The molecule has 0 saturated carbocycles. The summed E-state index contributed by atoms with van der Waals surface area (Å²) in [5.74, 6) is 1.82. The molecule has 1 aromatic carbocycles. The second-order valence-corrected chi connectivity index (χ2v) is 6.91. The van der Waals surface area contributed by atoms with E-state index in [0.717, 1.165) is 49.2 Å². The van der Waals surface area contributed by atoms with Crippen LogP contribution < -0.4 is 15.4 Å². The van der Waals surface area contributed by atoms with E-state index in [-0.39, 0.29) is 0 Å². The number of nitrogens with zero attached hydrogens (tertiary/aromatic N) is 2. The molecule has 2 aromatic rings. The third-order valence-corrected chi connectivity index (χ3v) is 4.54. The number of rotatable bonds is 9. The number of aryl methyl sites for hydroxylation is 1. The fourth-order valence-corrected chi connectivity index (χ4v) is 3.22. The topological polar surface area (TPSA) is 58.5 Å². The van der Waals surface area contributed by atoms with Crippen LogP contribution in [0.3, 0.4) is 0 Å². The Morgan fingerprint density at radius 1 is 1.20 bits per heavy atom. The number of guanidine groups is 1. The van der Waals surface area contributed by atoms with Crippen LogP contribution in [0, 0.1) is 6.92 Å². The third-order valence-electron chi connectivity index (χ3n) is 3.57. The highest BCUT2D eigenvalue weighted by molar-refractivity contribution is 7.11. The van der Waals surface area contributed by atoms with Crippen molar-refractivity contribution in [1.82, 2.24) is 15.6 Å². The van der Waals surface area contributed by atoms with Gasteiger partial charge < -0.3 is 15.4 Å². The minimum absolute atomic E-state index is 0.685. The van der Waals surface area contributed by atoms with Gasteiger partial charge in [0, 0.05) is 37.1 Å². The van der Waals surface area contributed by atoms with Crippen LogP contribution in [-0.2, 0) is 12.8 Å². The lowest BCUT2D eigenvalue weighted by molar-refractivity contribution is 0.336. The smallest absolute Gasteiger partial charge is 0.191 e. The Balaban J connectivity index is 1.83. The van der Waals surface area contributed by atoms with Crippen molar-refractivity contribution in [3.63, 3.8) is 0 Å². The molecular formula is C19H28N4OS. The monoisotopic (exact) mass is 360 g/mol. The summed E-state index contributed by atoms with van der Waals surface area (Å²) in [6.45, 7) is 9.24. The Morgan fingerprint density at radius 3 is 2.76 bits per heavy atom. The molecule has 1 heterocycles. The van der Waals surface area contributed by atoms with Crippen molar-refractivity contribution in [2.75, 3.05) is 26.2 Å². The molecule has 0 fully saturated rings. The maximum atomic E-state index is 5.68. The lowest BCUT2D eigenvalue weighted by Crippen LogP contribution is -2.38. The van der Waals surface area contributed by atoms with E-state index in [1.54, 1.807) is 11.3 Å². The number of benzene rings is 1. The van der Waals surface area contributed by atoms with Crippen LogP contribution >= 0.6 is 11.3 Å². The summed E-state index contributed by atoms with van der Waals surface area (Å²) in [6.07, 6.45) is 3.69. The minimum atomic E-state index is 0.685. The molecule has 0 unspecified atom stereocenters. The maximum absolute atomic E-state index is 5.68. The molecule has 0 saturated heterocycles. The Labute approximate surface area is 154 Å². The highest BCUT2D eigenvalue weighted by Gasteiger charge is 2.04. The van der Waals surface area contributed by atoms with E-state index in [9.17, 15) is 0 Å². The van der Waals surface area contributed by atoms with Crippen molar-refractivity contribution in [1.29, 1.82) is 0 Å². The second kappa shape index (κ2) is 10.7. The molecule has 0 atom stereocenters. The molecule has 0 aliphatic carbocycles. The molecular weight excluding hydrogens is 332 g/mol. The van der Waals surface area contributed by atoms with Crippen molar-refractivity contribution in [2.45, 2.75) is 33.6 Å². The molecule has 1 aromatic heterocycles. The summed E-state index contributed by atoms with van der Waals surface area (Å²) in [6, 6.07) is 8.19. The van der Waals surface area contributed by atoms with Crippen LogP contribution in [0.25, 0.3) is 0 Å². The summed E-state index contributed by atoms with van der Waals surface area (Å²) in [5, 5.41) is 7.83. The summed E-state index contributed by atoms with van der Waals surface area (Å²) in [7, 11) is 0. The Kier molecular flexibility index (Phi) is 8.25. The van der Waals surface area contributed by atoms with Crippen molar-refractivity contribution >= 4 is 17.3 Å². The number of thiazole rings is 1. The lowest BCUT2D eigenvalue weighted by Gasteiger charge is -2.13. The summed E-state index contributed by atoms with van der Waals surface area (Å²) >= 11 is 1.74. The largest absolute Gasteiger partial charge is 0.494 e. The first-order valence-electron chi connectivity index (χ1n) is 8.87. The Morgan fingerprint density at radius 2 is 2.04 bits per heavy atom. The number of nitrogens with one attached hydrogen (secondary N) is 2. The quantitative estimate of drug-likeness (QED) is 0.533. The highest BCUT2D eigenvalue weighted by atomic mass is 32.1. The molecule has 25 heavy (non-hydrogen) atoms. The first-order valence-corrected chi connectivity index (χ1v) is 9.68. The molecule has 6 heteroatoms. The van der Waals surface area contributed by atoms with Crippen molar-refractivity contribution in [3.8, 4) is 5.75 Å². The fraction of sp³-hybridized carbons (Fsp3) is 0.474. The number of para-hydroxylation sites is 1. The van der Waals surface area contributed by atoms with Gasteiger partial charge in [-0.25, -0.2) is 4.98 Å². The highest BCUT2D eigenvalue weighted by Crippen LogP contribution is 2.18. The molecule has 0 aliphatic rings. The van der Waals surface area contributed by atoms with E-state index < -0.39 is 0 Å². The molecule has 0 aliphatic heterocycles. The average molecular weight is 361 g/mol. The first-order chi connectivity index (χ1) is 12.2. The van der Waals surface area contributed by atoms with Crippen molar-refractivity contribution < 1.29 is 4.74 Å². The zero-order chi connectivity index (χ0) is 17.9. The van der Waals surface area contributed by atoms with E-state index in [4.69, 9.17) is 4.74 Å². The van der Waals surface area contributed by atoms with Gasteiger partial charge in [0.15, 0.2) is 5.96 Å². The van der Waals surface area contributed by atoms with Crippen molar-refractivity contribution in [2.24, 2.45) is 4.99 Å². The summed E-state index contributed by atoms with van der Waals surface area (Å²) in [4.78, 5) is 10.3. The van der Waals surface area contributed by atoms with Crippen LogP contribution in [0.2, 0.25) is 0 Å². The lowest BCUT2D eigenvalue weighted by atomic mass is 10.1. The summed E-state index contributed by atoms with van der Waals surface area (Å²) in [5.41, 5.74) is 1.21. The number of hydrogen-bond donors (Lipinski definition) is 2. The SMILES string of the molecule is CCNC(=NCCc1ncc(C)s1)NCCc1ccccc1OCC. The molecule has 0 radical (unpaired) electrons. The van der Waals surface area contributed by atoms with E-state index in [2.05, 4.69) is 40.5 Å². The molecule has 2 rings (SSSR count). The Hall–Kier alpha value is -2.08. The Bertz CT molecular complexity index is 669. The van der Waals surface area contributed by atoms with E-state index in [0.29, 0.717) is 6.61 Å². The number of ether oxygens (including phenoxy) is 1. The summed E-state index contributed by atoms with van der Waals surface area (Å²) < 4.78 is 5.68. The maximum Gasteiger partial charge on any atom is 0.191 e. The minimum Gasteiger partial charge on any atom is -0.494 e. The number of aromatic nitrogens is 1. The first kappa shape index (κ1) is 19.2. The molecule has 0 amide bonds. The zero-order valence-corrected chi connectivity index (χ0v) is 16.2. The van der Waals surface area contributed by atoms with Gasteiger partial charge in [-0.2, -0.15) is 0 Å². The molecule has 5 nitrogen and oxygen atoms in total. The second-order valence-electron chi connectivity index (χ2n) is 5.59. The van der Waals surface area contributed by atoms with E-state index in [1.807, 2.05) is 31.3 Å². The van der Waals surface area contributed by atoms with Gasteiger partial charge in [-0.05, 0) is 38.8 Å². The van der Waals surface area contributed by atoms with Crippen molar-refractivity contribution in [3.05, 3.63) is 45.9 Å². The molecule has 136 valence electrons. The fourth-order valence-electron chi connectivity index (χ4n) is 2.44. The van der Waals surface area contributed by atoms with Gasteiger partial charge in [0.2, 0.25) is 0 Å². The van der Waals surface area contributed by atoms with Gasteiger partial charge in [-0.15, -0.1) is 11.3 Å².